The first-order valence-corrected chi connectivity index (χ1v) is 8.16. The fraction of sp³-hybridized carbons (Fsp3) is 0.611. The van der Waals surface area contributed by atoms with Gasteiger partial charge in [-0.25, -0.2) is 0 Å². The van der Waals surface area contributed by atoms with E-state index >= 15 is 0 Å². The quantitative estimate of drug-likeness (QED) is 0.878. The van der Waals surface area contributed by atoms with E-state index in [2.05, 4.69) is 24.1 Å². The minimum atomic E-state index is 0.0238. The predicted molar refractivity (Wildman–Crippen MR) is 89.2 cm³/mol. The molecule has 0 unspecified atom stereocenters. The number of methoxy groups -OCH3 is 1. The van der Waals surface area contributed by atoms with E-state index in [0.717, 1.165) is 24.4 Å². The monoisotopic (exact) mass is 304 g/mol. The SMILES string of the molecule is COc1ccc(CC(=O)NCC(C)(C)N2CCCCC2)cc1. The highest BCUT2D eigenvalue weighted by Crippen LogP contribution is 2.20. The minimum absolute atomic E-state index is 0.0238. The Hall–Kier alpha value is -1.55. The van der Waals surface area contributed by atoms with E-state index in [4.69, 9.17) is 4.74 Å². The molecule has 0 radical (unpaired) electrons. The van der Waals surface area contributed by atoms with Gasteiger partial charge in [0.1, 0.15) is 5.75 Å². The van der Waals surface area contributed by atoms with Gasteiger partial charge in [-0.15, -0.1) is 0 Å². The smallest absolute Gasteiger partial charge is 0.224 e. The van der Waals surface area contributed by atoms with Crippen LogP contribution < -0.4 is 10.1 Å². The van der Waals surface area contributed by atoms with Crippen molar-refractivity contribution in [3.05, 3.63) is 29.8 Å². The number of hydrogen-bond acceptors (Lipinski definition) is 3. The van der Waals surface area contributed by atoms with Gasteiger partial charge in [-0.3, -0.25) is 9.69 Å². The van der Waals surface area contributed by atoms with Crippen LogP contribution in [0, 0.1) is 0 Å². The van der Waals surface area contributed by atoms with Gasteiger partial charge in [0.15, 0.2) is 0 Å². The fourth-order valence-electron chi connectivity index (χ4n) is 2.92. The first kappa shape index (κ1) is 16.8. The van der Waals surface area contributed by atoms with E-state index < -0.39 is 0 Å². The predicted octanol–water partition coefficient (Wildman–Crippen LogP) is 2.62. The number of nitrogens with zero attached hydrogens (tertiary/aromatic N) is 1. The van der Waals surface area contributed by atoms with Crippen molar-refractivity contribution < 1.29 is 9.53 Å². The van der Waals surface area contributed by atoms with Crippen LogP contribution in [0.3, 0.4) is 0 Å². The average molecular weight is 304 g/mol. The van der Waals surface area contributed by atoms with Crippen LogP contribution in [0.2, 0.25) is 0 Å². The molecule has 1 fully saturated rings. The van der Waals surface area contributed by atoms with Crippen molar-refractivity contribution in [3.63, 3.8) is 0 Å². The second-order valence-electron chi connectivity index (χ2n) is 6.66. The van der Waals surface area contributed by atoms with Gasteiger partial charge in [-0.05, 0) is 57.5 Å². The van der Waals surface area contributed by atoms with Crippen molar-refractivity contribution in [1.29, 1.82) is 0 Å². The normalized spacial score (nSPS) is 16.3. The number of carbonyl (C=O) groups is 1. The molecular formula is C18H28N2O2. The van der Waals surface area contributed by atoms with Crippen LogP contribution in [0.5, 0.6) is 5.75 Å². The van der Waals surface area contributed by atoms with Crippen molar-refractivity contribution in [3.8, 4) is 5.75 Å². The highest BCUT2D eigenvalue weighted by atomic mass is 16.5. The molecule has 1 aliphatic heterocycles. The molecule has 1 aromatic rings. The van der Waals surface area contributed by atoms with E-state index in [1.807, 2.05) is 24.3 Å². The molecule has 0 bridgehead atoms. The standard InChI is InChI=1S/C18H28N2O2/c1-18(2,20-11-5-4-6-12-20)14-19-17(21)13-15-7-9-16(22-3)10-8-15/h7-10H,4-6,11-14H2,1-3H3,(H,19,21). The van der Waals surface area contributed by atoms with Gasteiger partial charge in [0.05, 0.1) is 13.5 Å². The topological polar surface area (TPSA) is 41.6 Å². The van der Waals surface area contributed by atoms with Crippen molar-refractivity contribution in [2.75, 3.05) is 26.7 Å². The van der Waals surface area contributed by atoms with Crippen LogP contribution in [0.25, 0.3) is 0 Å². The Morgan fingerprint density at radius 2 is 1.82 bits per heavy atom. The summed E-state index contributed by atoms with van der Waals surface area (Å²) in [6.45, 7) is 7.41. The molecule has 0 saturated carbocycles. The molecule has 1 aliphatic rings. The highest BCUT2D eigenvalue weighted by molar-refractivity contribution is 5.78. The molecule has 4 heteroatoms. The van der Waals surface area contributed by atoms with Gasteiger partial charge >= 0.3 is 0 Å². The number of rotatable bonds is 6. The number of ether oxygens (including phenoxy) is 1. The Morgan fingerprint density at radius 3 is 2.41 bits per heavy atom. The lowest BCUT2D eigenvalue weighted by Gasteiger charge is -2.41. The maximum absolute atomic E-state index is 12.1. The molecule has 4 nitrogen and oxygen atoms in total. The molecule has 0 spiro atoms. The molecule has 0 aromatic heterocycles. The lowest BCUT2D eigenvalue weighted by atomic mass is 9.98. The van der Waals surface area contributed by atoms with E-state index in [1.165, 1.54) is 19.3 Å². The maximum Gasteiger partial charge on any atom is 0.224 e. The molecular weight excluding hydrogens is 276 g/mol. The maximum atomic E-state index is 12.1. The molecule has 1 heterocycles. The fourth-order valence-corrected chi connectivity index (χ4v) is 2.92. The van der Waals surface area contributed by atoms with E-state index in [-0.39, 0.29) is 11.4 Å². The van der Waals surface area contributed by atoms with Crippen LogP contribution in [-0.2, 0) is 11.2 Å². The average Bonchev–Trinajstić information content (AvgIpc) is 2.55. The number of benzene rings is 1. The Morgan fingerprint density at radius 1 is 1.18 bits per heavy atom. The lowest BCUT2D eigenvalue weighted by molar-refractivity contribution is -0.121. The summed E-state index contributed by atoms with van der Waals surface area (Å²) in [5.74, 6) is 0.894. The van der Waals surface area contributed by atoms with E-state index in [9.17, 15) is 4.79 Å². The molecule has 122 valence electrons. The van der Waals surface area contributed by atoms with E-state index in [0.29, 0.717) is 13.0 Å². The number of carbonyl (C=O) groups excluding carboxylic acids is 1. The van der Waals surface area contributed by atoms with Crippen molar-refractivity contribution in [2.45, 2.75) is 45.1 Å². The number of amides is 1. The summed E-state index contributed by atoms with van der Waals surface area (Å²) >= 11 is 0. The Kier molecular flexibility index (Phi) is 5.83. The first-order chi connectivity index (χ1) is 10.5. The van der Waals surface area contributed by atoms with Crippen molar-refractivity contribution >= 4 is 5.91 Å². The third kappa shape index (κ3) is 4.73. The lowest BCUT2D eigenvalue weighted by Crippen LogP contribution is -2.53. The molecule has 1 saturated heterocycles. The summed E-state index contributed by atoms with van der Waals surface area (Å²) in [5, 5.41) is 3.09. The molecule has 1 aromatic carbocycles. The van der Waals surface area contributed by atoms with Gasteiger partial charge in [0.25, 0.3) is 0 Å². The second-order valence-corrected chi connectivity index (χ2v) is 6.66. The van der Waals surface area contributed by atoms with Crippen LogP contribution in [0.15, 0.2) is 24.3 Å². The van der Waals surface area contributed by atoms with Gasteiger partial charge in [0, 0.05) is 12.1 Å². The molecule has 1 amide bonds. The Labute approximate surface area is 133 Å². The molecule has 22 heavy (non-hydrogen) atoms. The van der Waals surface area contributed by atoms with Crippen LogP contribution >= 0.6 is 0 Å². The summed E-state index contributed by atoms with van der Waals surface area (Å²) in [4.78, 5) is 14.6. The van der Waals surface area contributed by atoms with Crippen LogP contribution in [0.4, 0.5) is 0 Å². The largest absolute Gasteiger partial charge is 0.497 e. The number of hydrogen-bond donors (Lipinski definition) is 1. The van der Waals surface area contributed by atoms with Gasteiger partial charge in [0.2, 0.25) is 5.91 Å². The van der Waals surface area contributed by atoms with Gasteiger partial charge in [-0.1, -0.05) is 18.6 Å². The minimum Gasteiger partial charge on any atom is -0.497 e. The number of nitrogens with one attached hydrogen (secondary N) is 1. The Bertz CT molecular complexity index is 476. The summed E-state index contributed by atoms with van der Waals surface area (Å²) < 4.78 is 5.13. The van der Waals surface area contributed by atoms with Crippen LogP contribution in [-0.4, -0.2) is 43.1 Å². The second kappa shape index (κ2) is 7.63. The summed E-state index contributed by atoms with van der Waals surface area (Å²) in [6, 6.07) is 7.66. The summed E-state index contributed by atoms with van der Waals surface area (Å²) in [6.07, 6.45) is 4.28. The van der Waals surface area contributed by atoms with Gasteiger partial charge < -0.3 is 10.1 Å². The molecule has 0 atom stereocenters. The molecule has 0 aliphatic carbocycles. The zero-order valence-corrected chi connectivity index (χ0v) is 14.0. The number of likely N-dealkylation sites (tertiary alicyclic amines) is 1. The van der Waals surface area contributed by atoms with Gasteiger partial charge in [-0.2, -0.15) is 0 Å². The molecule has 2 rings (SSSR count). The zero-order valence-electron chi connectivity index (χ0n) is 14.0. The molecule has 1 N–H and O–H groups in total. The number of piperidine rings is 1. The zero-order chi connectivity index (χ0) is 16.0. The van der Waals surface area contributed by atoms with E-state index in [1.54, 1.807) is 7.11 Å². The van der Waals surface area contributed by atoms with Crippen LogP contribution in [0.1, 0.15) is 38.7 Å². The first-order valence-electron chi connectivity index (χ1n) is 8.16. The Balaban J connectivity index is 1.80. The highest BCUT2D eigenvalue weighted by Gasteiger charge is 2.28. The third-order valence-corrected chi connectivity index (χ3v) is 4.45. The van der Waals surface area contributed by atoms with Crippen molar-refractivity contribution in [1.82, 2.24) is 10.2 Å². The van der Waals surface area contributed by atoms with Crippen molar-refractivity contribution in [2.24, 2.45) is 0 Å². The summed E-state index contributed by atoms with van der Waals surface area (Å²) in [5.41, 5.74) is 1.03. The summed E-state index contributed by atoms with van der Waals surface area (Å²) in [7, 11) is 1.64. The third-order valence-electron chi connectivity index (χ3n) is 4.45.